The van der Waals surface area contributed by atoms with Gasteiger partial charge in [-0.15, -0.1) is 0 Å². The normalized spacial score (nSPS) is 11.5. The van der Waals surface area contributed by atoms with Crippen LogP contribution in [-0.2, 0) is 4.79 Å². The van der Waals surface area contributed by atoms with Gasteiger partial charge in [-0.3, -0.25) is 4.79 Å². The van der Waals surface area contributed by atoms with Crippen molar-refractivity contribution in [3.8, 4) is 5.75 Å². The van der Waals surface area contributed by atoms with Gasteiger partial charge in [0.2, 0.25) is 5.13 Å². The summed E-state index contributed by atoms with van der Waals surface area (Å²) >= 11 is 11.1. The minimum atomic E-state index is -0.338. The third-order valence-corrected chi connectivity index (χ3v) is 6.38. The highest BCUT2D eigenvalue weighted by Crippen LogP contribution is 2.31. The first-order valence-corrected chi connectivity index (χ1v) is 12.1. The van der Waals surface area contributed by atoms with E-state index in [1.807, 2.05) is 67.6 Å². The summed E-state index contributed by atoms with van der Waals surface area (Å²) in [6.07, 6.45) is 4.74. The maximum Gasteiger partial charge on any atom is 0.273 e. The second-order valence-electron chi connectivity index (χ2n) is 6.86. The second kappa shape index (κ2) is 10.7. The van der Waals surface area contributed by atoms with Crippen LogP contribution in [0.4, 0.5) is 5.13 Å². The van der Waals surface area contributed by atoms with Crippen molar-refractivity contribution in [1.82, 2.24) is 4.98 Å². The van der Waals surface area contributed by atoms with Crippen molar-refractivity contribution in [1.29, 1.82) is 0 Å². The topological polar surface area (TPSA) is 54.8 Å². The van der Waals surface area contributed by atoms with E-state index in [0.29, 0.717) is 16.8 Å². The fraction of sp³-hybridized carbons (Fsp3) is 0.0800. The number of aromatic nitrogens is 1. The van der Waals surface area contributed by atoms with Crippen LogP contribution in [0.2, 0.25) is 5.02 Å². The maximum absolute atomic E-state index is 13.2. The number of rotatable bonds is 7. The van der Waals surface area contributed by atoms with Crippen LogP contribution in [0.3, 0.4) is 0 Å². The van der Waals surface area contributed by atoms with Crippen LogP contribution >= 0.6 is 38.9 Å². The molecule has 0 saturated carbocycles. The summed E-state index contributed by atoms with van der Waals surface area (Å²) in [4.78, 5) is 17.8. The van der Waals surface area contributed by atoms with Gasteiger partial charge >= 0.3 is 0 Å². The first kappa shape index (κ1) is 23.2. The molecule has 3 aromatic carbocycles. The van der Waals surface area contributed by atoms with Crippen molar-refractivity contribution < 1.29 is 9.53 Å². The highest BCUT2D eigenvalue weighted by Gasteiger charge is 2.17. The van der Waals surface area contributed by atoms with E-state index in [4.69, 9.17) is 16.3 Å². The molecule has 0 aliphatic heterocycles. The first-order chi connectivity index (χ1) is 16.0. The Balaban J connectivity index is 1.66. The van der Waals surface area contributed by atoms with Crippen LogP contribution in [0.1, 0.15) is 18.1 Å². The predicted octanol–water partition coefficient (Wildman–Crippen LogP) is 7.19. The number of hydrogen-bond donors (Lipinski definition) is 0. The number of anilines is 1. The van der Waals surface area contributed by atoms with Gasteiger partial charge in [0, 0.05) is 15.6 Å². The van der Waals surface area contributed by atoms with Crippen LogP contribution in [-0.4, -0.2) is 23.7 Å². The monoisotopic (exact) mass is 539 g/mol. The fourth-order valence-electron chi connectivity index (χ4n) is 2.96. The van der Waals surface area contributed by atoms with Crippen LogP contribution in [0, 0.1) is 0 Å². The Morgan fingerprint density at radius 3 is 2.73 bits per heavy atom. The lowest BCUT2D eigenvalue weighted by atomic mass is 10.2. The Morgan fingerprint density at radius 2 is 1.97 bits per heavy atom. The fourth-order valence-corrected chi connectivity index (χ4v) is 4.64. The average molecular weight is 541 g/mol. The van der Waals surface area contributed by atoms with Crippen LogP contribution in [0.15, 0.2) is 82.4 Å². The standard InChI is InChI=1S/C25H19BrClN3O2S/c1-2-32-20-11-7-17(8-12-20)16-28-30(24(31)14-9-18-5-3-4-6-21(18)27)25-29-22-13-10-19(26)15-23(22)33-25/h3-16H,2H2,1H3/b14-9+,28-16+. The number of hydrogen-bond acceptors (Lipinski definition) is 5. The Morgan fingerprint density at radius 1 is 1.18 bits per heavy atom. The van der Waals surface area contributed by atoms with Crippen molar-refractivity contribution in [3.05, 3.63) is 93.4 Å². The van der Waals surface area contributed by atoms with Gasteiger partial charge in [-0.05, 0) is 72.7 Å². The van der Waals surface area contributed by atoms with Crippen LogP contribution < -0.4 is 9.75 Å². The minimum Gasteiger partial charge on any atom is -0.494 e. The van der Waals surface area contributed by atoms with Gasteiger partial charge in [-0.1, -0.05) is 57.1 Å². The Hall–Kier alpha value is -3.00. The molecule has 0 atom stereocenters. The largest absolute Gasteiger partial charge is 0.494 e. The van der Waals surface area contributed by atoms with E-state index in [2.05, 4.69) is 26.0 Å². The number of amides is 1. The summed E-state index contributed by atoms with van der Waals surface area (Å²) < 4.78 is 7.37. The molecule has 0 unspecified atom stereocenters. The Kier molecular flexibility index (Phi) is 7.54. The number of carbonyl (C=O) groups is 1. The molecule has 1 heterocycles. The molecule has 0 N–H and O–H groups in total. The van der Waals surface area contributed by atoms with E-state index < -0.39 is 0 Å². The Bertz CT molecular complexity index is 1340. The molecule has 8 heteroatoms. The maximum atomic E-state index is 13.2. The number of ether oxygens (including phenoxy) is 1. The van der Waals surface area contributed by atoms with Gasteiger partial charge in [-0.25, -0.2) is 4.98 Å². The minimum absolute atomic E-state index is 0.338. The molecule has 0 radical (unpaired) electrons. The lowest BCUT2D eigenvalue weighted by molar-refractivity contribution is -0.114. The molecule has 0 fully saturated rings. The number of fused-ring (bicyclic) bond motifs is 1. The number of halogens is 2. The van der Waals surface area contributed by atoms with E-state index >= 15 is 0 Å². The lowest BCUT2D eigenvalue weighted by Gasteiger charge is -2.11. The number of benzene rings is 3. The van der Waals surface area contributed by atoms with Crippen molar-refractivity contribution in [2.45, 2.75) is 6.92 Å². The average Bonchev–Trinajstić information content (AvgIpc) is 3.22. The second-order valence-corrected chi connectivity index (χ2v) is 9.19. The Labute approximate surface area is 209 Å². The van der Waals surface area contributed by atoms with Gasteiger partial charge in [0.25, 0.3) is 5.91 Å². The third-order valence-electron chi connectivity index (χ3n) is 4.55. The van der Waals surface area contributed by atoms with Crippen molar-refractivity contribution in [2.75, 3.05) is 11.6 Å². The SMILES string of the molecule is CCOc1ccc(/C=N/N(C(=O)/C=C/c2ccccc2Cl)c2nc3ccc(Br)cc3s2)cc1. The summed E-state index contributed by atoms with van der Waals surface area (Å²) in [5.74, 6) is 0.442. The van der Waals surface area contributed by atoms with E-state index in [0.717, 1.165) is 31.6 Å². The molecule has 0 spiro atoms. The number of thiazole rings is 1. The number of carbonyl (C=O) groups excluding carboxylic acids is 1. The summed E-state index contributed by atoms with van der Waals surface area (Å²) in [5.41, 5.74) is 2.37. The molecule has 5 nitrogen and oxygen atoms in total. The highest BCUT2D eigenvalue weighted by atomic mass is 79.9. The quantitative estimate of drug-likeness (QED) is 0.142. The molecule has 4 aromatic rings. The van der Waals surface area contributed by atoms with E-state index in [1.165, 1.54) is 22.4 Å². The zero-order chi connectivity index (χ0) is 23.2. The predicted molar refractivity (Wildman–Crippen MR) is 140 cm³/mol. The molecular weight excluding hydrogens is 522 g/mol. The van der Waals surface area contributed by atoms with Gasteiger partial charge in [0.1, 0.15) is 5.75 Å². The molecule has 0 bridgehead atoms. The molecule has 4 rings (SSSR count). The smallest absolute Gasteiger partial charge is 0.273 e. The van der Waals surface area contributed by atoms with E-state index in [-0.39, 0.29) is 5.91 Å². The van der Waals surface area contributed by atoms with E-state index in [9.17, 15) is 4.79 Å². The molecule has 1 amide bonds. The molecule has 0 aliphatic carbocycles. The summed E-state index contributed by atoms with van der Waals surface area (Å²) in [6, 6.07) is 20.6. The molecule has 0 saturated heterocycles. The zero-order valence-electron chi connectivity index (χ0n) is 17.6. The molecule has 33 heavy (non-hydrogen) atoms. The van der Waals surface area contributed by atoms with Crippen LogP contribution in [0.25, 0.3) is 16.3 Å². The zero-order valence-corrected chi connectivity index (χ0v) is 20.8. The van der Waals surface area contributed by atoms with E-state index in [1.54, 1.807) is 18.4 Å². The van der Waals surface area contributed by atoms with Gasteiger partial charge in [0.15, 0.2) is 0 Å². The first-order valence-electron chi connectivity index (χ1n) is 10.1. The molecule has 0 aliphatic rings. The highest BCUT2D eigenvalue weighted by molar-refractivity contribution is 9.10. The van der Waals surface area contributed by atoms with Gasteiger partial charge < -0.3 is 4.74 Å². The summed E-state index contributed by atoms with van der Waals surface area (Å²) in [7, 11) is 0. The third kappa shape index (κ3) is 5.87. The van der Waals surface area contributed by atoms with Crippen molar-refractivity contribution >= 4 is 72.4 Å². The van der Waals surface area contributed by atoms with Crippen molar-refractivity contribution in [2.24, 2.45) is 5.10 Å². The molecular formula is C25H19BrClN3O2S. The summed E-state index contributed by atoms with van der Waals surface area (Å²) in [5, 5.41) is 6.79. The summed E-state index contributed by atoms with van der Waals surface area (Å²) in [6.45, 7) is 2.53. The van der Waals surface area contributed by atoms with Crippen LogP contribution in [0.5, 0.6) is 5.75 Å². The number of hydrazone groups is 1. The van der Waals surface area contributed by atoms with Gasteiger partial charge in [-0.2, -0.15) is 10.1 Å². The lowest BCUT2D eigenvalue weighted by Crippen LogP contribution is -2.23. The molecule has 166 valence electrons. The van der Waals surface area contributed by atoms with Crippen molar-refractivity contribution in [3.63, 3.8) is 0 Å². The number of nitrogens with zero attached hydrogens (tertiary/aromatic N) is 3. The molecule has 1 aromatic heterocycles. The van der Waals surface area contributed by atoms with Gasteiger partial charge in [0.05, 0.1) is 23.0 Å².